The molecule has 6 heteroatoms. The van der Waals surface area contributed by atoms with Crippen molar-refractivity contribution in [3.8, 4) is 0 Å². The monoisotopic (exact) mass is 364 g/mol. The number of benzene rings is 1. The maximum atomic E-state index is 13.9. The zero-order chi connectivity index (χ0) is 19.3. The number of carbonyl (C=O) groups excluding carboxylic acids is 2. The van der Waals surface area contributed by atoms with E-state index in [1.165, 1.54) is 6.07 Å². The molecule has 2 amide bonds. The van der Waals surface area contributed by atoms with Gasteiger partial charge in [0.05, 0.1) is 5.92 Å². The average molecular weight is 364 g/mol. The van der Waals surface area contributed by atoms with Crippen LogP contribution in [0.15, 0.2) is 24.3 Å². The molecular formula is C20H29FN2O3. The molecule has 26 heavy (non-hydrogen) atoms. The Morgan fingerprint density at radius 3 is 2.62 bits per heavy atom. The van der Waals surface area contributed by atoms with Crippen LogP contribution in [0, 0.1) is 11.7 Å². The van der Waals surface area contributed by atoms with Crippen molar-refractivity contribution < 1.29 is 18.7 Å². The van der Waals surface area contributed by atoms with Gasteiger partial charge in [-0.05, 0) is 46.6 Å². The molecular weight excluding hydrogens is 335 g/mol. The van der Waals surface area contributed by atoms with E-state index in [0.29, 0.717) is 25.2 Å². The van der Waals surface area contributed by atoms with Crippen LogP contribution < -0.4 is 0 Å². The molecule has 0 radical (unpaired) electrons. The minimum atomic E-state index is -0.561. The second-order valence-electron chi connectivity index (χ2n) is 7.71. The van der Waals surface area contributed by atoms with Gasteiger partial charge in [0.25, 0.3) is 0 Å². The molecule has 2 rings (SSSR count). The third kappa shape index (κ3) is 5.44. The van der Waals surface area contributed by atoms with Crippen LogP contribution in [0.2, 0.25) is 0 Å². The highest BCUT2D eigenvalue weighted by Gasteiger charge is 2.33. The summed E-state index contributed by atoms with van der Waals surface area (Å²) >= 11 is 0. The van der Waals surface area contributed by atoms with Crippen molar-refractivity contribution in [1.29, 1.82) is 0 Å². The normalized spacial score (nSPS) is 17.7. The summed E-state index contributed by atoms with van der Waals surface area (Å²) in [5, 5.41) is 0. The van der Waals surface area contributed by atoms with Gasteiger partial charge in [-0.2, -0.15) is 0 Å². The van der Waals surface area contributed by atoms with Crippen LogP contribution in [0.5, 0.6) is 0 Å². The fourth-order valence-electron chi connectivity index (χ4n) is 3.11. The number of halogens is 1. The fraction of sp³-hybridized carbons (Fsp3) is 0.600. The van der Waals surface area contributed by atoms with Crippen molar-refractivity contribution in [2.24, 2.45) is 5.92 Å². The zero-order valence-corrected chi connectivity index (χ0v) is 16.1. The second kappa shape index (κ2) is 8.52. The van der Waals surface area contributed by atoms with Crippen LogP contribution >= 0.6 is 0 Å². The molecule has 1 aromatic rings. The third-order valence-electron chi connectivity index (χ3n) is 4.43. The van der Waals surface area contributed by atoms with Gasteiger partial charge >= 0.3 is 6.09 Å². The molecule has 1 aliphatic heterocycles. The third-order valence-corrected chi connectivity index (χ3v) is 4.43. The van der Waals surface area contributed by atoms with Crippen molar-refractivity contribution in [1.82, 2.24) is 9.80 Å². The number of hydrogen-bond acceptors (Lipinski definition) is 3. The predicted molar refractivity (Wildman–Crippen MR) is 98.0 cm³/mol. The molecule has 1 atom stereocenters. The minimum Gasteiger partial charge on any atom is -0.444 e. The van der Waals surface area contributed by atoms with Gasteiger partial charge in [-0.15, -0.1) is 0 Å². The molecule has 0 aliphatic carbocycles. The second-order valence-corrected chi connectivity index (χ2v) is 7.71. The lowest BCUT2D eigenvalue weighted by Crippen LogP contribution is -2.47. The molecule has 1 aliphatic rings. The van der Waals surface area contributed by atoms with Crippen LogP contribution in [-0.2, 0) is 16.1 Å². The van der Waals surface area contributed by atoms with Crippen LogP contribution in [0.4, 0.5) is 9.18 Å². The predicted octanol–water partition coefficient (Wildman–Crippen LogP) is 3.82. The molecule has 1 aromatic carbocycles. The van der Waals surface area contributed by atoms with E-state index in [9.17, 15) is 14.0 Å². The number of nitrogens with zero attached hydrogens (tertiary/aromatic N) is 2. The molecule has 5 nitrogen and oxygen atoms in total. The Morgan fingerprint density at radius 2 is 2.00 bits per heavy atom. The van der Waals surface area contributed by atoms with Crippen LogP contribution in [0.1, 0.15) is 46.1 Å². The van der Waals surface area contributed by atoms with Crippen molar-refractivity contribution in [2.75, 3.05) is 19.6 Å². The highest BCUT2D eigenvalue weighted by atomic mass is 19.1. The largest absolute Gasteiger partial charge is 0.444 e. The highest BCUT2D eigenvalue weighted by Crippen LogP contribution is 2.22. The van der Waals surface area contributed by atoms with Crippen molar-refractivity contribution in [3.63, 3.8) is 0 Å². The van der Waals surface area contributed by atoms with Crippen molar-refractivity contribution >= 4 is 12.0 Å². The Labute approximate surface area is 155 Å². The Hall–Kier alpha value is -2.11. The minimum absolute atomic E-state index is 0.0380. The van der Waals surface area contributed by atoms with E-state index in [-0.39, 0.29) is 30.3 Å². The number of amides is 2. The van der Waals surface area contributed by atoms with E-state index in [1.54, 1.807) is 28.0 Å². The Bertz CT molecular complexity index is 642. The van der Waals surface area contributed by atoms with E-state index in [1.807, 2.05) is 27.7 Å². The molecule has 144 valence electrons. The topological polar surface area (TPSA) is 49.9 Å². The highest BCUT2D eigenvalue weighted by molar-refractivity contribution is 5.80. The van der Waals surface area contributed by atoms with Crippen LogP contribution in [0.25, 0.3) is 0 Å². The molecule has 0 aromatic heterocycles. The number of carbonyl (C=O) groups is 2. The number of ether oxygens (including phenoxy) is 1. The van der Waals surface area contributed by atoms with Crippen LogP contribution in [0.3, 0.4) is 0 Å². The molecule has 1 unspecified atom stereocenters. The molecule has 1 saturated heterocycles. The number of hydrogen-bond donors (Lipinski definition) is 0. The van der Waals surface area contributed by atoms with Gasteiger partial charge in [0.1, 0.15) is 11.4 Å². The smallest absolute Gasteiger partial charge is 0.410 e. The summed E-state index contributed by atoms with van der Waals surface area (Å²) in [6, 6.07) is 6.50. The Morgan fingerprint density at radius 1 is 1.31 bits per heavy atom. The lowest BCUT2D eigenvalue weighted by Gasteiger charge is -2.35. The summed E-state index contributed by atoms with van der Waals surface area (Å²) in [6.45, 7) is 9.04. The quantitative estimate of drug-likeness (QED) is 0.816. The van der Waals surface area contributed by atoms with E-state index in [4.69, 9.17) is 4.74 Å². The summed E-state index contributed by atoms with van der Waals surface area (Å²) < 4.78 is 19.3. The van der Waals surface area contributed by atoms with Gasteiger partial charge in [-0.3, -0.25) is 4.79 Å². The average Bonchev–Trinajstić information content (AvgIpc) is 2.59. The first-order valence-corrected chi connectivity index (χ1v) is 9.21. The van der Waals surface area contributed by atoms with Gasteiger partial charge in [0, 0.05) is 31.7 Å². The van der Waals surface area contributed by atoms with Gasteiger partial charge in [-0.25, -0.2) is 9.18 Å². The SMILES string of the molecule is CCN(Cc1ccccc1F)C(=O)C1CCCN(C(=O)OC(C)(C)C)C1. The first kappa shape index (κ1) is 20.2. The van der Waals surface area contributed by atoms with E-state index in [0.717, 1.165) is 12.8 Å². The molecule has 0 N–H and O–H groups in total. The van der Waals surface area contributed by atoms with Gasteiger partial charge < -0.3 is 14.5 Å². The molecule has 1 fully saturated rings. The first-order valence-electron chi connectivity index (χ1n) is 9.21. The van der Waals surface area contributed by atoms with Crippen molar-refractivity contribution in [2.45, 2.75) is 52.7 Å². The molecule has 0 spiro atoms. The Balaban J connectivity index is 2.02. The van der Waals surface area contributed by atoms with E-state index < -0.39 is 5.60 Å². The summed E-state index contributed by atoms with van der Waals surface area (Å²) in [7, 11) is 0. The fourth-order valence-corrected chi connectivity index (χ4v) is 3.11. The summed E-state index contributed by atoms with van der Waals surface area (Å²) in [5.41, 5.74) is -0.0589. The molecule has 0 saturated carbocycles. The maximum Gasteiger partial charge on any atom is 0.410 e. The van der Waals surface area contributed by atoms with Crippen LogP contribution in [-0.4, -0.2) is 47.0 Å². The van der Waals surface area contributed by atoms with Crippen molar-refractivity contribution in [3.05, 3.63) is 35.6 Å². The summed E-state index contributed by atoms with van der Waals surface area (Å²) in [6.07, 6.45) is 1.10. The lowest BCUT2D eigenvalue weighted by molar-refractivity contribution is -0.137. The zero-order valence-electron chi connectivity index (χ0n) is 16.1. The van der Waals surface area contributed by atoms with Gasteiger partial charge in [0.2, 0.25) is 5.91 Å². The van der Waals surface area contributed by atoms with Gasteiger partial charge in [-0.1, -0.05) is 18.2 Å². The maximum absolute atomic E-state index is 13.9. The first-order chi connectivity index (χ1) is 12.2. The summed E-state index contributed by atoms with van der Waals surface area (Å²) in [5.74, 6) is -0.621. The number of likely N-dealkylation sites (tertiary alicyclic amines) is 1. The Kier molecular flexibility index (Phi) is 6.62. The lowest BCUT2D eigenvalue weighted by atomic mass is 9.96. The standard InChI is InChI=1S/C20H29FN2O3/c1-5-22(13-15-9-6-7-11-17(15)21)18(24)16-10-8-12-23(14-16)19(25)26-20(2,3)4/h6-7,9,11,16H,5,8,10,12-14H2,1-4H3. The summed E-state index contributed by atoms with van der Waals surface area (Å²) in [4.78, 5) is 28.5. The number of rotatable bonds is 4. The molecule has 1 heterocycles. The number of piperidine rings is 1. The van der Waals surface area contributed by atoms with E-state index in [2.05, 4.69) is 0 Å². The van der Waals surface area contributed by atoms with E-state index >= 15 is 0 Å². The molecule has 0 bridgehead atoms. The van der Waals surface area contributed by atoms with Gasteiger partial charge in [0.15, 0.2) is 0 Å².